The number of halogens is 3. The third-order valence-corrected chi connectivity index (χ3v) is 3.47. The van der Waals surface area contributed by atoms with Gasteiger partial charge in [-0.1, -0.05) is 0 Å². The Balaban J connectivity index is 2.34. The second kappa shape index (κ2) is 4.00. The fourth-order valence-electron chi connectivity index (χ4n) is 1.70. The highest BCUT2D eigenvalue weighted by Crippen LogP contribution is 2.25. The predicted molar refractivity (Wildman–Crippen MR) is 60.5 cm³/mol. The molecule has 0 aliphatic carbocycles. The average Bonchev–Trinajstić information content (AvgIpc) is 2.66. The Bertz CT molecular complexity index is 325. The molecule has 1 nitrogen and oxygen atoms in total. The van der Waals surface area contributed by atoms with E-state index in [2.05, 4.69) is 0 Å². The molecular weight excluding hydrogens is 299 g/mol. The van der Waals surface area contributed by atoms with Gasteiger partial charge in [-0.3, -0.25) is 0 Å². The molecule has 1 aliphatic heterocycles. The second-order valence-corrected chi connectivity index (χ2v) is 4.50. The van der Waals surface area contributed by atoms with Crippen LogP contribution >= 0.6 is 22.6 Å². The standard InChI is InChI=1S/C10H10F2IN/c11-8-5-7(6-9(12)10(8)13)14-3-1-2-4-14/h5-6H,1-4H2. The van der Waals surface area contributed by atoms with Gasteiger partial charge in [0.1, 0.15) is 11.6 Å². The molecule has 0 atom stereocenters. The molecule has 0 saturated carbocycles. The summed E-state index contributed by atoms with van der Waals surface area (Å²) in [6, 6.07) is 2.83. The number of rotatable bonds is 1. The fourth-order valence-corrected chi connectivity index (χ4v) is 2.01. The smallest absolute Gasteiger partial charge is 0.141 e. The van der Waals surface area contributed by atoms with Crippen molar-refractivity contribution in [1.82, 2.24) is 0 Å². The summed E-state index contributed by atoms with van der Waals surface area (Å²) in [6.45, 7) is 1.80. The van der Waals surface area contributed by atoms with Crippen LogP contribution in [-0.2, 0) is 0 Å². The lowest BCUT2D eigenvalue weighted by molar-refractivity contribution is 0.570. The van der Waals surface area contributed by atoms with Gasteiger partial charge >= 0.3 is 0 Å². The van der Waals surface area contributed by atoms with Crippen molar-refractivity contribution in [2.75, 3.05) is 18.0 Å². The van der Waals surface area contributed by atoms with E-state index >= 15 is 0 Å². The molecule has 2 rings (SSSR count). The highest BCUT2D eigenvalue weighted by molar-refractivity contribution is 14.1. The third-order valence-electron chi connectivity index (χ3n) is 2.44. The zero-order valence-corrected chi connectivity index (χ0v) is 9.72. The fraction of sp³-hybridized carbons (Fsp3) is 0.400. The first-order valence-corrected chi connectivity index (χ1v) is 5.66. The topological polar surface area (TPSA) is 3.24 Å². The van der Waals surface area contributed by atoms with Crippen molar-refractivity contribution in [3.05, 3.63) is 27.3 Å². The predicted octanol–water partition coefficient (Wildman–Crippen LogP) is 3.17. The molecule has 0 spiro atoms. The summed E-state index contributed by atoms with van der Waals surface area (Å²) in [7, 11) is 0. The van der Waals surface area contributed by atoms with Crippen LogP contribution in [0.5, 0.6) is 0 Å². The van der Waals surface area contributed by atoms with Crippen LogP contribution in [0.15, 0.2) is 12.1 Å². The zero-order chi connectivity index (χ0) is 10.1. The quantitative estimate of drug-likeness (QED) is 0.569. The van der Waals surface area contributed by atoms with Gasteiger partial charge in [0.05, 0.1) is 3.57 Å². The molecule has 0 radical (unpaired) electrons. The summed E-state index contributed by atoms with van der Waals surface area (Å²) in [4.78, 5) is 2.02. The summed E-state index contributed by atoms with van der Waals surface area (Å²) in [5.41, 5.74) is 0.665. The largest absolute Gasteiger partial charge is 0.371 e. The zero-order valence-electron chi connectivity index (χ0n) is 7.56. The van der Waals surface area contributed by atoms with Crippen LogP contribution in [0, 0.1) is 15.2 Å². The molecule has 1 saturated heterocycles. The van der Waals surface area contributed by atoms with Crippen molar-refractivity contribution in [3.8, 4) is 0 Å². The molecule has 14 heavy (non-hydrogen) atoms. The molecule has 1 heterocycles. The van der Waals surface area contributed by atoms with Crippen LogP contribution in [0.25, 0.3) is 0 Å². The molecule has 1 aliphatic rings. The minimum Gasteiger partial charge on any atom is -0.371 e. The van der Waals surface area contributed by atoms with Crippen LogP contribution in [0.4, 0.5) is 14.5 Å². The summed E-state index contributed by atoms with van der Waals surface area (Å²) < 4.78 is 26.5. The average molecular weight is 309 g/mol. The lowest BCUT2D eigenvalue weighted by Crippen LogP contribution is -2.18. The minimum absolute atomic E-state index is 0.0746. The van der Waals surface area contributed by atoms with Gasteiger partial charge in [-0.05, 0) is 47.6 Å². The highest BCUT2D eigenvalue weighted by Gasteiger charge is 2.16. The summed E-state index contributed by atoms with van der Waals surface area (Å²) >= 11 is 1.68. The molecule has 4 heteroatoms. The van der Waals surface area contributed by atoms with E-state index in [0.717, 1.165) is 25.9 Å². The van der Waals surface area contributed by atoms with Gasteiger partial charge in [0.25, 0.3) is 0 Å². The molecule has 1 aromatic carbocycles. The number of hydrogen-bond acceptors (Lipinski definition) is 1. The number of nitrogens with zero attached hydrogens (tertiary/aromatic N) is 1. The maximum absolute atomic E-state index is 13.2. The Kier molecular flexibility index (Phi) is 2.90. The van der Waals surface area contributed by atoms with E-state index in [1.807, 2.05) is 4.90 Å². The maximum Gasteiger partial charge on any atom is 0.141 e. The lowest BCUT2D eigenvalue weighted by atomic mass is 10.3. The van der Waals surface area contributed by atoms with Gasteiger partial charge in [0, 0.05) is 18.8 Å². The number of anilines is 1. The van der Waals surface area contributed by atoms with Crippen LogP contribution < -0.4 is 4.90 Å². The van der Waals surface area contributed by atoms with Gasteiger partial charge in [0.15, 0.2) is 0 Å². The second-order valence-electron chi connectivity index (χ2n) is 3.42. The molecule has 1 aromatic rings. The van der Waals surface area contributed by atoms with Crippen molar-refractivity contribution in [1.29, 1.82) is 0 Å². The first-order valence-electron chi connectivity index (χ1n) is 4.58. The molecule has 0 aromatic heterocycles. The number of hydrogen-bond donors (Lipinski definition) is 0. The number of benzene rings is 1. The Labute approximate surface area is 95.2 Å². The Morgan fingerprint density at radius 1 is 1.07 bits per heavy atom. The molecule has 0 bridgehead atoms. The summed E-state index contributed by atoms with van der Waals surface area (Å²) in [6.07, 6.45) is 2.21. The Hall–Kier alpha value is -0.390. The van der Waals surface area contributed by atoms with Crippen molar-refractivity contribution in [2.24, 2.45) is 0 Å². The first-order chi connectivity index (χ1) is 6.68. The first kappa shape index (κ1) is 10.1. The van der Waals surface area contributed by atoms with Gasteiger partial charge in [-0.15, -0.1) is 0 Å². The molecule has 0 N–H and O–H groups in total. The monoisotopic (exact) mass is 309 g/mol. The van der Waals surface area contributed by atoms with E-state index in [0.29, 0.717) is 5.69 Å². The third kappa shape index (κ3) is 1.85. The van der Waals surface area contributed by atoms with Gasteiger partial charge < -0.3 is 4.90 Å². The minimum atomic E-state index is -0.465. The van der Waals surface area contributed by atoms with E-state index < -0.39 is 11.6 Å². The molecular formula is C10H10F2IN. The Morgan fingerprint density at radius 3 is 2.07 bits per heavy atom. The van der Waals surface area contributed by atoms with Crippen molar-refractivity contribution in [3.63, 3.8) is 0 Å². The van der Waals surface area contributed by atoms with Crippen LogP contribution in [0.1, 0.15) is 12.8 Å². The van der Waals surface area contributed by atoms with Crippen LogP contribution in [0.2, 0.25) is 0 Å². The summed E-state index contributed by atoms with van der Waals surface area (Å²) in [5.74, 6) is -0.931. The lowest BCUT2D eigenvalue weighted by Gasteiger charge is -2.17. The molecule has 1 fully saturated rings. The molecule has 0 unspecified atom stereocenters. The van der Waals surface area contributed by atoms with E-state index in [9.17, 15) is 8.78 Å². The van der Waals surface area contributed by atoms with Crippen LogP contribution in [-0.4, -0.2) is 13.1 Å². The van der Waals surface area contributed by atoms with Gasteiger partial charge in [-0.2, -0.15) is 0 Å². The SMILES string of the molecule is Fc1cc(N2CCCC2)cc(F)c1I. The van der Waals surface area contributed by atoms with Crippen LogP contribution in [0.3, 0.4) is 0 Å². The van der Waals surface area contributed by atoms with E-state index in [1.54, 1.807) is 22.6 Å². The molecule has 76 valence electrons. The Morgan fingerprint density at radius 2 is 1.57 bits per heavy atom. The van der Waals surface area contributed by atoms with Gasteiger partial charge in [-0.25, -0.2) is 8.78 Å². The highest BCUT2D eigenvalue weighted by atomic mass is 127. The summed E-state index contributed by atoms with van der Waals surface area (Å²) in [5, 5.41) is 0. The van der Waals surface area contributed by atoms with E-state index in [4.69, 9.17) is 0 Å². The van der Waals surface area contributed by atoms with E-state index in [-0.39, 0.29) is 3.57 Å². The van der Waals surface area contributed by atoms with Crippen molar-refractivity contribution < 1.29 is 8.78 Å². The van der Waals surface area contributed by atoms with Crippen molar-refractivity contribution >= 4 is 28.3 Å². The molecule has 0 amide bonds. The normalized spacial score (nSPS) is 16.4. The van der Waals surface area contributed by atoms with E-state index in [1.165, 1.54) is 12.1 Å². The van der Waals surface area contributed by atoms with Crippen molar-refractivity contribution in [2.45, 2.75) is 12.8 Å². The maximum atomic E-state index is 13.2. The van der Waals surface area contributed by atoms with Gasteiger partial charge in [0.2, 0.25) is 0 Å².